The maximum atomic E-state index is 12.5. The van der Waals surface area contributed by atoms with E-state index in [2.05, 4.69) is 29.6 Å². The molecule has 5 nitrogen and oxygen atoms in total. The fourth-order valence-corrected chi connectivity index (χ4v) is 3.62. The van der Waals surface area contributed by atoms with Gasteiger partial charge in [-0.25, -0.2) is 4.79 Å². The molecule has 1 N–H and O–H groups in total. The monoisotopic (exact) mass is 375 g/mol. The first-order valence-corrected chi connectivity index (χ1v) is 9.62. The van der Waals surface area contributed by atoms with Crippen LogP contribution in [0.2, 0.25) is 0 Å². The zero-order chi connectivity index (χ0) is 19.5. The van der Waals surface area contributed by atoms with Gasteiger partial charge in [0.05, 0.1) is 0 Å². The molecule has 0 radical (unpaired) electrons. The molecule has 144 valence electrons. The van der Waals surface area contributed by atoms with Gasteiger partial charge >= 0.3 is 6.03 Å². The van der Waals surface area contributed by atoms with Gasteiger partial charge in [-0.05, 0) is 54.6 Å². The van der Waals surface area contributed by atoms with Crippen LogP contribution in [0.4, 0.5) is 10.5 Å². The number of rotatable bonds is 5. The summed E-state index contributed by atoms with van der Waals surface area (Å²) in [6, 6.07) is 20.4. The Hall–Kier alpha value is -3.05. The minimum absolute atomic E-state index is 0.0462. The third-order valence-corrected chi connectivity index (χ3v) is 5.10. The van der Waals surface area contributed by atoms with Crippen molar-refractivity contribution < 1.29 is 9.53 Å². The van der Waals surface area contributed by atoms with Crippen molar-refractivity contribution in [1.82, 2.24) is 10.2 Å². The van der Waals surface area contributed by atoms with Gasteiger partial charge in [0, 0.05) is 37.9 Å². The molecule has 5 heteroatoms. The molecule has 3 aromatic carbocycles. The Morgan fingerprint density at radius 1 is 1.00 bits per heavy atom. The third-order valence-electron chi connectivity index (χ3n) is 5.10. The largest absolute Gasteiger partial charge is 0.457 e. The number of fused-ring (bicyclic) bond motifs is 1. The lowest BCUT2D eigenvalue weighted by molar-refractivity contribution is 0.207. The Morgan fingerprint density at radius 2 is 1.82 bits per heavy atom. The Labute approximate surface area is 165 Å². The minimum Gasteiger partial charge on any atom is -0.457 e. The zero-order valence-corrected chi connectivity index (χ0v) is 16.3. The molecule has 28 heavy (non-hydrogen) atoms. The molecule has 1 saturated heterocycles. The average molecular weight is 375 g/mol. The fourth-order valence-electron chi connectivity index (χ4n) is 3.62. The van der Waals surface area contributed by atoms with E-state index >= 15 is 0 Å². The van der Waals surface area contributed by atoms with Gasteiger partial charge in [0.15, 0.2) is 0 Å². The molecule has 1 aliphatic rings. The smallest absolute Gasteiger partial charge is 0.324 e. The predicted octanol–water partition coefficient (Wildman–Crippen LogP) is 4.61. The first-order valence-electron chi connectivity index (χ1n) is 9.62. The lowest BCUT2D eigenvalue weighted by Gasteiger charge is -2.33. The molecule has 3 aromatic rings. The Bertz CT molecular complexity index is 1000. The summed E-state index contributed by atoms with van der Waals surface area (Å²) in [7, 11) is 3.76. The lowest BCUT2D eigenvalue weighted by atomic mass is 10.1. The van der Waals surface area contributed by atoms with Crippen LogP contribution in [0.3, 0.4) is 0 Å². The van der Waals surface area contributed by atoms with Crippen molar-refractivity contribution in [3.63, 3.8) is 0 Å². The first-order chi connectivity index (χ1) is 13.7. The number of hydrogen-bond acceptors (Lipinski definition) is 3. The van der Waals surface area contributed by atoms with Crippen molar-refractivity contribution in [2.24, 2.45) is 0 Å². The SMILES string of the molecule is CNCc1cc(N2CCCN(C)C2=O)ccc1Oc1ccc2ccccc2c1. The summed E-state index contributed by atoms with van der Waals surface area (Å²) in [5.74, 6) is 1.60. The van der Waals surface area contributed by atoms with Crippen LogP contribution in [0.5, 0.6) is 11.5 Å². The van der Waals surface area contributed by atoms with Gasteiger partial charge in [-0.15, -0.1) is 0 Å². The number of amides is 2. The number of urea groups is 1. The summed E-state index contributed by atoms with van der Waals surface area (Å²) in [5.41, 5.74) is 1.93. The molecule has 0 aliphatic carbocycles. The van der Waals surface area contributed by atoms with Crippen LogP contribution < -0.4 is 15.0 Å². The zero-order valence-electron chi connectivity index (χ0n) is 16.3. The van der Waals surface area contributed by atoms with Gasteiger partial charge < -0.3 is 15.0 Å². The van der Waals surface area contributed by atoms with Crippen LogP contribution in [0.1, 0.15) is 12.0 Å². The van der Waals surface area contributed by atoms with E-state index in [4.69, 9.17) is 4.74 Å². The quantitative estimate of drug-likeness (QED) is 0.708. The maximum Gasteiger partial charge on any atom is 0.324 e. The number of carbonyl (C=O) groups is 1. The molecule has 0 aromatic heterocycles. The van der Waals surface area contributed by atoms with Crippen molar-refractivity contribution in [2.75, 3.05) is 32.1 Å². The highest BCUT2D eigenvalue weighted by Crippen LogP contribution is 2.32. The summed E-state index contributed by atoms with van der Waals surface area (Å²) in [6.45, 7) is 2.21. The Kier molecular flexibility index (Phi) is 5.17. The molecule has 1 fully saturated rings. The highest BCUT2D eigenvalue weighted by molar-refractivity contribution is 5.92. The molecule has 0 bridgehead atoms. The van der Waals surface area contributed by atoms with Gasteiger partial charge in [0.2, 0.25) is 0 Å². The van der Waals surface area contributed by atoms with Gasteiger partial charge in [-0.2, -0.15) is 0 Å². The molecule has 1 heterocycles. The van der Waals surface area contributed by atoms with Gasteiger partial charge in [-0.3, -0.25) is 4.90 Å². The van der Waals surface area contributed by atoms with Gasteiger partial charge in [0.1, 0.15) is 11.5 Å². The second-order valence-corrected chi connectivity index (χ2v) is 7.14. The minimum atomic E-state index is 0.0462. The fraction of sp³-hybridized carbons (Fsp3) is 0.261. The molecular weight excluding hydrogens is 350 g/mol. The summed E-state index contributed by atoms with van der Waals surface area (Å²) >= 11 is 0. The molecule has 0 atom stereocenters. The van der Waals surface area contributed by atoms with E-state index in [0.717, 1.165) is 47.6 Å². The maximum absolute atomic E-state index is 12.5. The van der Waals surface area contributed by atoms with Crippen molar-refractivity contribution in [1.29, 1.82) is 0 Å². The molecular formula is C23H25N3O2. The standard InChI is InChI=1S/C23H25N3O2/c1-24-16-19-14-20(26-13-5-12-25(2)23(26)27)9-11-22(19)28-21-10-8-17-6-3-4-7-18(17)15-21/h3-4,6-11,14-15,24H,5,12-13,16H2,1-2H3. The molecule has 0 saturated carbocycles. The van der Waals surface area contributed by atoms with Crippen molar-refractivity contribution in [3.05, 3.63) is 66.2 Å². The van der Waals surface area contributed by atoms with Crippen LogP contribution in [0, 0.1) is 0 Å². The van der Waals surface area contributed by atoms with E-state index in [1.54, 1.807) is 4.90 Å². The summed E-state index contributed by atoms with van der Waals surface area (Å²) in [4.78, 5) is 16.1. The van der Waals surface area contributed by atoms with E-state index in [1.165, 1.54) is 5.39 Å². The molecule has 4 rings (SSSR count). The normalized spacial score (nSPS) is 14.6. The highest BCUT2D eigenvalue weighted by Gasteiger charge is 2.24. The number of benzene rings is 3. The second-order valence-electron chi connectivity index (χ2n) is 7.14. The van der Waals surface area contributed by atoms with Crippen LogP contribution >= 0.6 is 0 Å². The highest BCUT2D eigenvalue weighted by atomic mass is 16.5. The molecule has 2 amide bonds. The van der Waals surface area contributed by atoms with E-state index in [-0.39, 0.29) is 6.03 Å². The Balaban J connectivity index is 1.63. The first kappa shape index (κ1) is 18.3. The predicted molar refractivity (Wildman–Crippen MR) is 113 cm³/mol. The van der Waals surface area contributed by atoms with Crippen molar-refractivity contribution >= 4 is 22.5 Å². The number of ether oxygens (including phenoxy) is 1. The third kappa shape index (κ3) is 3.66. The lowest BCUT2D eigenvalue weighted by Crippen LogP contribution is -2.47. The van der Waals surface area contributed by atoms with Gasteiger partial charge in [-0.1, -0.05) is 30.3 Å². The van der Waals surface area contributed by atoms with E-state index in [1.807, 2.05) is 55.4 Å². The van der Waals surface area contributed by atoms with Gasteiger partial charge in [0.25, 0.3) is 0 Å². The van der Waals surface area contributed by atoms with Crippen LogP contribution in [-0.4, -0.2) is 38.1 Å². The van der Waals surface area contributed by atoms with Crippen LogP contribution in [0.15, 0.2) is 60.7 Å². The average Bonchev–Trinajstić information content (AvgIpc) is 2.71. The van der Waals surface area contributed by atoms with E-state index < -0.39 is 0 Å². The van der Waals surface area contributed by atoms with Crippen molar-refractivity contribution in [2.45, 2.75) is 13.0 Å². The van der Waals surface area contributed by atoms with E-state index in [0.29, 0.717) is 6.54 Å². The molecule has 1 aliphatic heterocycles. The summed E-state index contributed by atoms with van der Waals surface area (Å²) < 4.78 is 6.21. The Morgan fingerprint density at radius 3 is 2.64 bits per heavy atom. The van der Waals surface area contributed by atoms with Crippen LogP contribution in [0.25, 0.3) is 10.8 Å². The van der Waals surface area contributed by atoms with Crippen molar-refractivity contribution in [3.8, 4) is 11.5 Å². The number of anilines is 1. The summed E-state index contributed by atoms with van der Waals surface area (Å²) in [5, 5.41) is 5.53. The number of hydrogen-bond donors (Lipinski definition) is 1. The van der Waals surface area contributed by atoms with Crippen LogP contribution in [-0.2, 0) is 6.54 Å². The van der Waals surface area contributed by atoms with E-state index in [9.17, 15) is 4.79 Å². The topological polar surface area (TPSA) is 44.8 Å². The number of nitrogens with zero attached hydrogens (tertiary/aromatic N) is 2. The second kappa shape index (κ2) is 7.90. The number of carbonyl (C=O) groups excluding carboxylic acids is 1. The number of nitrogens with one attached hydrogen (secondary N) is 1. The molecule has 0 unspecified atom stereocenters. The molecule has 0 spiro atoms. The summed E-state index contributed by atoms with van der Waals surface area (Å²) in [6.07, 6.45) is 0.971.